The summed E-state index contributed by atoms with van der Waals surface area (Å²) < 4.78 is 12.8. The zero-order valence-corrected chi connectivity index (χ0v) is 23.0. The Morgan fingerprint density at radius 3 is 2.77 bits per heavy atom. The molecule has 0 aliphatic carbocycles. The number of benzene rings is 2. The van der Waals surface area contributed by atoms with Gasteiger partial charge in [-0.1, -0.05) is 12.1 Å². The Kier molecular flexibility index (Phi) is 8.85. The Bertz CT molecular complexity index is 1450. The van der Waals surface area contributed by atoms with Gasteiger partial charge in [-0.15, -0.1) is 0 Å². The van der Waals surface area contributed by atoms with E-state index in [1.54, 1.807) is 25.7 Å². The Hall–Kier alpha value is -4.05. The minimum absolute atomic E-state index is 0.198. The van der Waals surface area contributed by atoms with Gasteiger partial charge in [-0.2, -0.15) is 0 Å². The lowest BCUT2D eigenvalue weighted by molar-refractivity contribution is 0.102. The highest BCUT2D eigenvalue weighted by Crippen LogP contribution is 2.26. The quantitative estimate of drug-likeness (QED) is 0.286. The molecule has 1 atom stereocenters. The number of hydrogen-bond donors (Lipinski definition) is 2. The van der Waals surface area contributed by atoms with Crippen LogP contribution < -0.4 is 15.8 Å². The van der Waals surface area contributed by atoms with Crippen molar-refractivity contribution in [1.29, 1.82) is 0 Å². The van der Waals surface area contributed by atoms with Crippen LogP contribution in [0.25, 0.3) is 16.8 Å². The molecule has 1 aliphatic rings. The highest BCUT2D eigenvalue weighted by Gasteiger charge is 2.18. The number of pyridine rings is 1. The molecule has 4 aromatic rings. The number of ether oxygens (including phenoxy) is 2. The number of imidazole rings is 1. The maximum absolute atomic E-state index is 13.4. The summed E-state index contributed by atoms with van der Waals surface area (Å²) in [6, 6.07) is 17.7. The number of aromatic nitrogens is 3. The van der Waals surface area contributed by atoms with E-state index in [9.17, 15) is 4.79 Å². The molecule has 1 saturated heterocycles. The van der Waals surface area contributed by atoms with E-state index >= 15 is 0 Å². The van der Waals surface area contributed by atoms with Gasteiger partial charge in [-0.25, -0.2) is 4.98 Å². The summed E-state index contributed by atoms with van der Waals surface area (Å²) in [5.74, 6) is 0.463. The molecule has 3 heterocycles. The maximum Gasteiger partial charge on any atom is 0.274 e. The second-order valence-corrected chi connectivity index (χ2v) is 10.2. The van der Waals surface area contributed by atoms with Crippen molar-refractivity contribution in [2.24, 2.45) is 5.73 Å². The second-order valence-electron chi connectivity index (χ2n) is 10.2. The van der Waals surface area contributed by atoms with E-state index in [0.717, 1.165) is 66.3 Å². The molecular weight excluding hydrogens is 504 g/mol. The van der Waals surface area contributed by atoms with Crippen LogP contribution in [0.4, 0.5) is 5.69 Å². The number of carbonyl (C=O) groups excluding carboxylic acids is 1. The third kappa shape index (κ3) is 7.12. The van der Waals surface area contributed by atoms with E-state index in [1.165, 1.54) is 0 Å². The number of hydrogen-bond acceptors (Lipinski definition) is 7. The van der Waals surface area contributed by atoms with Crippen molar-refractivity contribution in [3.63, 3.8) is 0 Å². The van der Waals surface area contributed by atoms with E-state index < -0.39 is 0 Å². The number of methoxy groups -OCH3 is 1. The molecule has 1 amide bonds. The molecule has 0 bridgehead atoms. The number of nitrogens with one attached hydrogen (secondary N) is 1. The van der Waals surface area contributed by atoms with Crippen LogP contribution in [0, 0.1) is 6.92 Å². The largest absolute Gasteiger partial charge is 0.491 e. The fourth-order valence-corrected chi connectivity index (χ4v) is 4.98. The summed E-state index contributed by atoms with van der Waals surface area (Å²) in [6.07, 6.45) is 7.56. The van der Waals surface area contributed by atoms with Crippen molar-refractivity contribution >= 4 is 11.6 Å². The zero-order chi connectivity index (χ0) is 27.9. The van der Waals surface area contributed by atoms with E-state index in [1.807, 2.05) is 60.2 Å². The molecule has 1 fully saturated rings. The van der Waals surface area contributed by atoms with Crippen LogP contribution in [0.2, 0.25) is 0 Å². The number of piperidine rings is 1. The molecule has 208 valence electrons. The molecule has 9 nitrogen and oxygen atoms in total. The number of aryl methyl sites for hydroxylation is 1. The summed E-state index contributed by atoms with van der Waals surface area (Å²) in [6.45, 7) is 5.57. The molecule has 3 N–H and O–H groups in total. The van der Waals surface area contributed by atoms with Crippen molar-refractivity contribution in [1.82, 2.24) is 19.4 Å². The number of likely N-dealkylation sites (tertiary alicyclic amines) is 1. The van der Waals surface area contributed by atoms with E-state index in [4.69, 9.17) is 15.2 Å². The molecule has 2 aromatic carbocycles. The van der Waals surface area contributed by atoms with Crippen LogP contribution >= 0.6 is 0 Å². The number of amides is 1. The van der Waals surface area contributed by atoms with Crippen molar-refractivity contribution < 1.29 is 14.3 Å². The maximum atomic E-state index is 13.4. The summed E-state index contributed by atoms with van der Waals surface area (Å²) in [5.41, 5.74) is 12.0. The Morgan fingerprint density at radius 1 is 1.10 bits per heavy atom. The lowest BCUT2D eigenvalue weighted by atomic mass is 10.0. The zero-order valence-electron chi connectivity index (χ0n) is 23.0. The molecule has 1 aliphatic heterocycles. The SMILES string of the molecule is COCCOc1cccc(-c2ccnc(C(=O)Nc3cc(CN4CCC[C@H](N)C4)cc(-n4cnc(C)c4)c3)c2)c1. The molecule has 0 saturated carbocycles. The third-order valence-electron chi connectivity index (χ3n) is 6.91. The summed E-state index contributed by atoms with van der Waals surface area (Å²) >= 11 is 0. The van der Waals surface area contributed by atoms with Crippen LogP contribution in [0.1, 0.15) is 34.6 Å². The minimum Gasteiger partial charge on any atom is -0.491 e. The average Bonchev–Trinajstić information content (AvgIpc) is 3.40. The van der Waals surface area contributed by atoms with Gasteiger partial charge in [0.25, 0.3) is 5.91 Å². The lowest BCUT2D eigenvalue weighted by Crippen LogP contribution is -2.42. The van der Waals surface area contributed by atoms with Crippen molar-refractivity contribution in [2.75, 3.05) is 38.7 Å². The van der Waals surface area contributed by atoms with Crippen LogP contribution in [0.15, 0.2) is 73.3 Å². The van der Waals surface area contributed by atoms with Crippen molar-refractivity contribution in [2.45, 2.75) is 32.4 Å². The first-order valence-electron chi connectivity index (χ1n) is 13.6. The van der Waals surface area contributed by atoms with Gasteiger partial charge >= 0.3 is 0 Å². The molecule has 9 heteroatoms. The fourth-order valence-electron chi connectivity index (χ4n) is 4.98. The smallest absolute Gasteiger partial charge is 0.274 e. The van der Waals surface area contributed by atoms with Gasteiger partial charge in [0.15, 0.2) is 0 Å². The third-order valence-corrected chi connectivity index (χ3v) is 6.91. The predicted molar refractivity (Wildman–Crippen MR) is 156 cm³/mol. The average molecular weight is 541 g/mol. The Morgan fingerprint density at radius 2 is 1.98 bits per heavy atom. The Balaban J connectivity index is 1.37. The van der Waals surface area contributed by atoms with Gasteiger partial charge in [0.05, 0.1) is 18.6 Å². The summed E-state index contributed by atoms with van der Waals surface area (Å²) in [5, 5.41) is 3.07. The normalized spacial score (nSPS) is 15.6. The summed E-state index contributed by atoms with van der Waals surface area (Å²) in [4.78, 5) is 24.5. The molecule has 5 rings (SSSR count). The first-order chi connectivity index (χ1) is 19.5. The first-order valence-corrected chi connectivity index (χ1v) is 13.6. The topological polar surface area (TPSA) is 108 Å². The molecule has 40 heavy (non-hydrogen) atoms. The fraction of sp³-hybridized carbons (Fsp3) is 0.323. The van der Waals surface area contributed by atoms with Crippen LogP contribution in [-0.4, -0.2) is 64.8 Å². The van der Waals surface area contributed by atoms with E-state index in [2.05, 4.69) is 26.3 Å². The van der Waals surface area contributed by atoms with E-state index in [0.29, 0.717) is 24.6 Å². The highest BCUT2D eigenvalue weighted by molar-refractivity contribution is 6.03. The highest BCUT2D eigenvalue weighted by atomic mass is 16.5. The second kappa shape index (κ2) is 12.9. The van der Waals surface area contributed by atoms with Gasteiger partial charge in [-0.05, 0) is 85.5 Å². The van der Waals surface area contributed by atoms with Gasteiger partial charge < -0.3 is 25.1 Å². The van der Waals surface area contributed by atoms with Crippen LogP contribution in [0.5, 0.6) is 5.75 Å². The molecular formula is C31H36N6O3. The Labute approximate surface area is 235 Å². The molecule has 2 aromatic heterocycles. The molecule has 0 unspecified atom stereocenters. The molecule has 0 spiro atoms. The standard InChI is InChI=1S/C31H36N6O3/c1-22-18-37(21-34-22)28-14-23(19-36-10-4-6-26(32)20-36)13-27(17-28)35-31(38)30-16-25(8-9-33-30)24-5-3-7-29(15-24)40-12-11-39-2/h3,5,7-9,13-18,21,26H,4,6,10-12,19-20,32H2,1-2H3,(H,35,38)/t26-/m0/s1. The molecule has 0 radical (unpaired) electrons. The number of nitrogens with two attached hydrogens (primary N) is 1. The van der Waals surface area contributed by atoms with E-state index in [-0.39, 0.29) is 11.9 Å². The number of carbonyl (C=O) groups is 1. The van der Waals surface area contributed by atoms with Crippen molar-refractivity contribution in [3.8, 4) is 22.6 Å². The van der Waals surface area contributed by atoms with Gasteiger partial charge in [0, 0.05) is 50.0 Å². The number of anilines is 1. The number of rotatable bonds is 10. The van der Waals surface area contributed by atoms with Gasteiger partial charge in [0.2, 0.25) is 0 Å². The first kappa shape index (κ1) is 27.5. The summed E-state index contributed by atoms with van der Waals surface area (Å²) in [7, 11) is 1.64. The minimum atomic E-state index is -0.278. The number of nitrogens with zero attached hydrogens (tertiary/aromatic N) is 4. The van der Waals surface area contributed by atoms with Gasteiger partial charge in [-0.3, -0.25) is 14.7 Å². The predicted octanol–water partition coefficient (Wildman–Crippen LogP) is 4.44. The lowest BCUT2D eigenvalue weighted by Gasteiger charge is -2.30. The van der Waals surface area contributed by atoms with Crippen LogP contribution in [-0.2, 0) is 11.3 Å². The monoisotopic (exact) mass is 540 g/mol. The van der Waals surface area contributed by atoms with Crippen LogP contribution in [0.3, 0.4) is 0 Å². The van der Waals surface area contributed by atoms with Gasteiger partial charge in [0.1, 0.15) is 18.1 Å². The van der Waals surface area contributed by atoms with Crippen molar-refractivity contribution in [3.05, 3.63) is 90.3 Å².